The minimum atomic E-state index is -0.682. The van der Waals surface area contributed by atoms with E-state index in [0.29, 0.717) is 34.1 Å². The number of urea groups is 1. The molecular formula is C22H26N4O5S2. The number of hydrogen-bond acceptors (Lipinski definition) is 8. The zero-order valence-electron chi connectivity index (χ0n) is 18.6. The van der Waals surface area contributed by atoms with Gasteiger partial charge in [-0.3, -0.25) is 0 Å². The summed E-state index contributed by atoms with van der Waals surface area (Å²) in [5.41, 5.74) is 3.60. The van der Waals surface area contributed by atoms with Crippen LogP contribution in [-0.4, -0.2) is 53.1 Å². The van der Waals surface area contributed by atoms with E-state index in [4.69, 9.17) is 14.2 Å². The molecule has 1 aromatic carbocycles. The van der Waals surface area contributed by atoms with E-state index in [9.17, 15) is 9.59 Å². The molecule has 2 aliphatic rings. The van der Waals surface area contributed by atoms with Crippen LogP contribution in [0.3, 0.4) is 0 Å². The zero-order valence-corrected chi connectivity index (χ0v) is 20.3. The van der Waals surface area contributed by atoms with Crippen molar-refractivity contribution >= 4 is 35.5 Å². The highest BCUT2D eigenvalue weighted by Gasteiger charge is 2.34. The van der Waals surface area contributed by atoms with Crippen LogP contribution in [0.5, 0.6) is 11.5 Å². The number of nitrogens with one attached hydrogen (secondary N) is 3. The number of rotatable bonds is 9. The van der Waals surface area contributed by atoms with Crippen LogP contribution in [0.25, 0.3) is 0 Å². The van der Waals surface area contributed by atoms with E-state index < -0.39 is 18.0 Å². The predicted octanol–water partition coefficient (Wildman–Crippen LogP) is 3.32. The van der Waals surface area contributed by atoms with Gasteiger partial charge in [0.25, 0.3) is 0 Å². The third-order valence-corrected chi connectivity index (χ3v) is 6.75. The number of aryl methyl sites for hydroxylation is 2. The van der Waals surface area contributed by atoms with Crippen LogP contribution in [0.1, 0.15) is 29.9 Å². The van der Waals surface area contributed by atoms with Gasteiger partial charge >= 0.3 is 12.0 Å². The molecule has 2 amide bonds. The average molecular weight is 491 g/mol. The quantitative estimate of drug-likeness (QED) is 0.362. The molecule has 0 saturated heterocycles. The van der Waals surface area contributed by atoms with Crippen molar-refractivity contribution in [1.82, 2.24) is 20.6 Å². The van der Waals surface area contributed by atoms with Gasteiger partial charge in [-0.1, -0.05) is 17.8 Å². The SMILES string of the molecule is CCOC(=O)C1=C(CSc2nc(CCSC)c(C)[nH]2)NC(=O)N[C@H]1c1ccc2c(c1)OCO2. The summed E-state index contributed by atoms with van der Waals surface area (Å²) < 4.78 is 16.2. The van der Waals surface area contributed by atoms with Gasteiger partial charge in [-0.15, -0.1) is 0 Å². The van der Waals surface area contributed by atoms with Crippen LogP contribution in [0.15, 0.2) is 34.6 Å². The van der Waals surface area contributed by atoms with Gasteiger partial charge < -0.3 is 29.8 Å². The number of hydrogen-bond donors (Lipinski definition) is 3. The molecule has 0 unspecified atom stereocenters. The summed E-state index contributed by atoms with van der Waals surface area (Å²) in [7, 11) is 0. The highest BCUT2D eigenvalue weighted by molar-refractivity contribution is 7.99. The molecule has 0 radical (unpaired) electrons. The number of imidazole rings is 1. The van der Waals surface area contributed by atoms with Crippen LogP contribution in [0, 0.1) is 6.92 Å². The van der Waals surface area contributed by atoms with E-state index in [0.717, 1.165) is 28.7 Å². The summed E-state index contributed by atoms with van der Waals surface area (Å²) in [5, 5.41) is 6.37. The lowest BCUT2D eigenvalue weighted by atomic mass is 9.95. The smallest absolute Gasteiger partial charge is 0.338 e. The molecule has 33 heavy (non-hydrogen) atoms. The van der Waals surface area contributed by atoms with Crippen molar-refractivity contribution in [1.29, 1.82) is 0 Å². The Kier molecular flexibility index (Phi) is 7.39. The number of aromatic amines is 1. The van der Waals surface area contributed by atoms with Gasteiger partial charge in [-0.2, -0.15) is 11.8 Å². The second-order valence-corrected chi connectivity index (χ2v) is 9.35. The maximum Gasteiger partial charge on any atom is 0.338 e. The normalized spacial score (nSPS) is 17.1. The lowest BCUT2D eigenvalue weighted by Crippen LogP contribution is -2.46. The summed E-state index contributed by atoms with van der Waals surface area (Å²) in [4.78, 5) is 33.4. The van der Waals surface area contributed by atoms with E-state index in [-0.39, 0.29) is 13.4 Å². The minimum absolute atomic E-state index is 0.140. The van der Waals surface area contributed by atoms with Gasteiger partial charge in [0, 0.05) is 23.6 Å². The minimum Gasteiger partial charge on any atom is -0.463 e. The van der Waals surface area contributed by atoms with Gasteiger partial charge in [-0.25, -0.2) is 14.6 Å². The second-order valence-electron chi connectivity index (χ2n) is 7.40. The van der Waals surface area contributed by atoms with Crippen LogP contribution in [0.2, 0.25) is 0 Å². The topological polar surface area (TPSA) is 115 Å². The van der Waals surface area contributed by atoms with E-state index in [1.807, 2.05) is 13.0 Å². The number of amides is 2. The van der Waals surface area contributed by atoms with Crippen molar-refractivity contribution in [2.45, 2.75) is 31.5 Å². The molecule has 9 nitrogen and oxygen atoms in total. The number of ether oxygens (including phenoxy) is 3. The van der Waals surface area contributed by atoms with Gasteiger partial charge in [0.05, 0.1) is 23.9 Å². The largest absolute Gasteiger partial charge is 0.463 e. The van der Waals surface area contributed by atoms with Crippen molar-refractivity contribution in [3.8, 4) is 11.5 Å². The highest BCUT2D eigenvalue weighted by atomic mass is 32.2. The number of esters is 1. The molecule has 0 spiro atoms. The summed E-state index contributed by atoms with van der Waals surface area (Å²) >= 11 is 3.20. The third-order valence-electron chi connectivity index (χ3n) is 5.24. The standard InChI is InChI=1S/C22H26N4O5S2/c1-4-29-20(27)18-15(10-33-22-23-12(2)14(25-22)7-8-32-3)24-21(28)26-19(18)13-5-6-16-17(9-13)31-11-30-16/h5-6,9,19H,4,7-8,10-11H2,1-3H3,(H,23,25)(H2,24,26,28)/t19-/m0/s1. The van der Waals surface area contributed by atoms with Crippen LogP contribution < -0.4 is 20.1 Å². The lowest BCUT2D eigenvalue weighted by molar-refractivity contribution is -0.139. The number of carbonyl (C=O) groups is 2. The lowest BCUT2D eigenvalue weighted by Gasteiger charge is -2.29. The first-order valence-corrected chi connectivity index (χ1v) is 12.9. The fraction of sp³-hybridized carbons (Fsp3) is 0.409. The maximum absolute atomic E-state index is 13.0. The van der Waals surface area contributed by atoms with Crippen molar-refractivity contribution in [2.24, 2.45) is 0 Å². The van der Waals surface area contributed by atoms with Crippen molar-refractivity contribution < 1.29 is 23.8 Å². The molecule has 1 atom stereocenters. The molecule has 176 valence electrons. The van der Waals surface area contributed by atoms with Gasteiger partial charge in [0.2, 0.25) is 6.79 Å². The molecule has 3 heterocycles. The number of H-pyrrole nitrogens is 1. The maximum atomic E-state index is 13.0. The Bertz CT molecular complexity index is 1080. The molecule has 3 N–H and O–H groups in total. The first-order valence-electron chi connectivity index (χ1n) is 10.5. The Hall–Kier alpha value is -2.79. The molecule has 2 aliphatic heterocycles. The van der Waals surface area contributed by atoms with Crippen LogP contribution >= 0.6 is 23.5 Å². The summed E-state index contributed by atoms with van der Waals surface area (Å²) in [5.74, 6) is 2.05. The number of aromatic nitrogens is 2. The summed E-state index contributed by atoms with van der Waals surface area (Å²) in [6, 6.07) is 4.28. The molecule has 0 saturated carbocycles. The van der Waals surface area contributed by atoms with E-state index in [2.05, 4.69) is 26.9 Å². The van der Waals surface area contributed by atoms with E-state index >= 15 is 0 Å². The first-order chi connectivity index (χ1) is 16.0. The number of fused-ring (bicyclic) bond motifs is 1. The number of benzene rings is 1. The zero-order chi connectivity index (χ0) is 23.4. The van der Waals surface area contributed by atoms with Crippen LogP contribution in [0.4, 0.5) is 4.79 Å². The molecule has 11 heteroatoms. The second kappa shape index (κ2) is 10.4. The monoisotopic (exact) mass is 490 g/mol. The fourth-order valence-electron chi connectivity index (χ4n) is 3.64. The van der Waals surface area contributed by atoms with Crippen molar-refractivity contribution in [3.63, 3.8) is 0 Å². The predicted molar refractivity (Wildman–Crippen MR) is 127 cm³/mol. The third kappa shape index (κ3) is 5.25. The molecule has 4 rings (SSSR count). The van der Waals surface area contributed by atoms with Crippen molar-refractivity contribution in [3.05, 3.63) is 46.4 Å². The fourth-order valence-corrected chi connectivity index (χ4v) is 4.95. The van der Waals surface area contributed by atoms with E-state index in [1.165, 1.54) is 11.8 Å². The molecule has 0 fully saturated rings. The summed E-state index contributed by atoms with van der Waals surface area (Å²) in [6.07, 6.45) is 2.95. The highest BCUT2D eigenvalue weighted by Crippen LogP contribution is 2.37. The van der Waals surface area contributed by atoms with E-state index in [1.54, 1.807) is 30.8 Å². The Morgan fingerprint density at radius 2 is 2.12 bits per heavy atom. The Morgan fingerprint density at radius 3 is 2.91 bits per heavy atom. The Labute approximate surface area is 200 Å². The Balaban J connectivity index is 1.63. The van der Waals surface area contributed by atoms with Gasteiger partial charge in [-0.05, 0) is 43.6 Å². The molecule has 0 aliphatic carbocycles. The number of carbonyl (C=O) groups excluding carboxylic acids is 2. The molecule has 0 bridgehead atoms. The van der Waals surface area contributed by atoms with Gasteiger partial charge in [0.15, 0.2) is 16.7 Å². The van der Waals surface area contributed by atoms with Gasteiger partial charge in [0.1, 0.15) is 0 Å². The molecular weight excluding hydrogens is 464 g/mol. The number of nitrogens with zero attached hydrogens (tertiary/aromatic N) is 1. The Morgan fingerprint density at radius 1 is 1.30 bits per heavy atom. The van der Waals surface area contributed by atoms with Crippen LogP contribution in [-0.2, 0) is 16.0 Å². The average Bonchev–Trinajstić information content (AvgIpc) is 3.41. The molecule has 2 aromatic rings. The van der Waals surface area contributed by atoms with Crippen molar-refractivity contribution in [2.75, 3.05) is 31.2 Å². The first kappa shape index (κ1) is 23.4. The molecule has 1 aromatic heterocycles. The number of thioether (sulfide) groups is 2. The summed E-state index contributed by atoms with van der Waals surface area (Å²) in [6.45, 7) is 4.11.